The summed E-state index contributed by atoms with van der Waals surface area (Å²) in [7, 11) is 0. The average molecular weight is 303 g/mol. The number of nitrogens with zero attached hydrogens (tertiary/aromatic N) is 5. The van der Waals surface area contributed by atoms with Crippen LogP contribution in [0.4, 0.5) is 10.7 Å². The smallest absolute Gasteiger partial charge is 0.321 e. The first kappa shape index (κ1) is 15.9. The van der Waals surface area contributed by atoms with Gasteiger partial charge in [0.25, 0.3) is 5.95 Å². The Kier molecular flexibility index (Phi) is 5.03. The van der Waals surface area contributed by atoms with Crippen LogP contribution in [0.15, 0.2) is 12.3 Å². The quantitative estimate of drug-likeness (QED) is 0.875. The predicted molar refractivity (Wildman–Crippen MR) is 82.6 cm³/mol. The van der Waals surface area contributed by atoms with Gasteiger partial charge in [0.15, 0.2) is 0 Å². The van der Waals surface area contributed by atoms with Crippen LogP contribution in [0.1, 0.15) is 36.7 Å². The zero-order chi connectivity index (χ0) is 16.1. The SMILES string of the molecule is Cc1cnc(CCNC(=O)Nc2nnn(C(C)C)n2)c(C)c1. The Hall–Kier alpha value is -2.51. The Morgan fingerprint density at radius 1 is 1.36 bits per heavy atom. The number of anilines is 1. The summed E-state index contributed by atoms with van der Waals surface area (Å²) in [6.45, 7) is 8.38. The van der Waals surface area contributed by atoms with Crippen molar-refractivity contribution >= 4 is 12.0 Å². The molecular weight excluding hydrogens is 282 g/mol. The van der Waals surface area contributed by atoms with E-state index in [1.54, 1.807) is 0 Å². The van der Waals surface area contributed by atoms with E-state index in [9.17, 15) is 4.79 Å². The molecule has 0 unspecified atom stereocenters. The molecule has 0 radical (unpaired) electrons. The number of hydrogen-bond acceptors (Lipinski definition) is 5. The molecule has 0 fully saturated rings. The zero-order valence-corrected chi connectivity index (χ0v) is 13.3. The lowest BCUT2D eigenvalue weighted by Crippen LogP contribution is -2.31. The van der Waals surface area contributed by atoms with E-state index in [1.165, 1.54) is 4.80 Å². The van der Waals surface area contributed by atoms with E-state index in [4.69, 9.17) is 0 Å². The number of tetrazole rings is 1. The lowest BCUT2D eigenvalue weighted by atomic mass is 10.1. The number of carbonyl (C=O) groups excluding carboxylic acids is 1. The molecule has 2 N–H and O–H groups in total. The molecule has 0 aliphatic rings. The Bertz CT molecular complexity index is 650. The van der Waals surface area contributed by atoms with Gasteiger partial charge in [-0.25, -0.2) is 4.79 Å². The molecule has 22 heavy (non-hydrogen) atoms. The third-order valence-electron chi connectivity index (χ3n) is 3.09. The first-order valence-electron chi connectivity index (χ1n) is 7.22. The fourth-order valence-electron chi connectivity index (χ4n) is 1.94. The molecule has 118 valence electrons. The number of carbonyl (C=O) groups is 1. The summed E-state index contributed by atoms with van der Waals surface area (Å²) in [6.07, 6.45) is 2.50. The minimum absolute atomic E-state index is 0.0988. The van der Waals surface area contributed by atoms with Gasteiger partial charge in [0.1, 0.15) is 0 Å². The van der Waals surface area contributed by atoms with Crippen LogP contribution in [0.3, 0.4) is 0 Å². The lowest BCUT2D eigenvalue weighted by molar-refractivity contribution is 0.252. The van der Waals surface area contributed by atoms with E-state index in [-0.39, 0.29) is 18.0 Å². The number of amides is 2. The molecule has 8 nitrogen and oxygen atoms in total. The molecule has 8 heteroatoms. The highest BCUT2D eigenvalue weighted by atomic mass is 16.2. The third-order valence-corrected chi connectivity index (χ3v) is 3.09. The third kappa shape index (κ3) is 4.24. The molecule has 2 aromatic rings. The predicted octanol–water partition coefficient (Wildman–Crippen LogP) is 1.63. The molecule has 0 atom stereocenters. The van der Waals surface area contributed by atoms with Gasteiger partial charge in [-0.2, -0.15) is 4.80 Å². The van der Waals surface area contributed by atoms with Crippen molar-refractivity contribution in [3.8, 4) is 0 Å². The van der Waals surface area contributed by atoms with Gasteiger partial charge in [-0.1, -0.05) is 11.2 Å². The van der Waals surface area contributed by atoms with Crippen molar-refractivity contribution in [3.05, 3.63) is 29.1 Å². The fourth-order valence-corrected chi connectivity index (χ4v) is 1.94. The number of hydrogen-bond donors (Lipinski definition) is 2. The van der Waals surface area contributed by atoms with Crippen molar-refractivity contribution in [1.29, 1.82) is 0 Å². The summed E-state index contributed by atoms with van der Waals surface area (Å²) < 4.78 is 0. The molecule has 0 aliphatic carbocycles. The van der Waals surface area contributed by atoms with E-state index in [0.29, 0.717) is 13.0 Å². The molecule has 0 saturated carbocycles. The van der Waals surface area contributed by atoms with Crippen molar-refractivity contribution in [2.24, 2.45) is 0 Å². The summed E-state index contributed by atoms with van der Waals surface area (Å²) in [5.74, 6) is 0.191. The van der Waals surface area contributed by atoms with Crippen LogP contribution in [0.5, 0.6) is 0 Å². The van der Waals surface area contributed by atoms with Crippen LogP contribution in [0.2, 0.25) is 0 Å². The highest BCUT2D eigenvalue weighted by Gasteiger charge is 2.09. The Morgan fingerprint density at radius 3 is 2.77 bits per heavy atom. The standard InChI is InChI=1S/C14H21N7O/c1-9(2)21-19-13(18-20-21)17-14(22)15-6-5-12-11(4)7-10(3)8-16-12/h7-9H,5-6H2,1-4H3,(H2,15,17,19,22). The minimum Gasteiger partial charge on any atom is -0.337 e. The number of nitrogens with one attached hydrogen (secondary N) is 2. The maximum atomic E-state index is 11.8. The molecule has 0 bridgehead atoms. The van der Waals surface area contributed by atoms with Gasteiger partial charge in [0.2, 0.25) is 0 Å². The Balaban J connectivity index is 1.80. The summed E-state index contributed by atoms with van der Waals surface area (Å²) >= 11 is 0. The van der Waals surface area contributed by atoms with Crippen molar-refractivity contribution in [1.82, 2.24) is 30.5 Å². The highest BCUT2D eigenvalue weighted by Crippen LogP contribution is 2.07. The van der Waals surface area contributed by atoms with Crippen LogP contribution in [-0.4, -0.2) is 37.8 Å². The molecule has 0 aromatic carbocycles. The number of aryl methyl sites for hydroxylation is 2. The van der Waals surface area contributed by atoms with E-state index < -0.39 is 0 Å². The van der Waals surface area contributed by atoms with Gasteiger partial charge in [-0.05, 0) is 44.0 Å². The molecule has 2 amide bonds. The number of aromatic nitrogens is 5. The van der Waals surface area contributed by atoms with Crippen LogP contribution in [-0.2, 0) is 6.42 Å². The molecule has 0 spiro atoms. The number of rotatable bonds is 5. The van der Waals surface area contributed by atoms with Crippen LogP contribution < -0.4 is 10.6 Å². The summed E-state index contributed by atoms with van der Waals surface area (Å²) in [5, 5.41) is 17.0. The first-order chi connectivity index (χ1) is 10.5. The monoisotopic (exact) mass is 303 g/mol. The topological polar surface area (TPSA) is 97.6 Å². The van der Waals surface area contributed by atoms with E-state index in [1.807, 2.05) is 33.9 Å². The second kappa shape index (κ2) is 6.97. The van der Waals surface area contributed by atoms with Crippen molar-refractivity contribution < 1.29 is 4.79 Å². The van der Waals surface area contributed by atoms with Gasteiger partial charge >= 0.3 is 6.03 Å². The van der Waals surface area contributed by atoms with Gasteiger partial charge in [0.05, 0.1) is 6.04 Å². The molecule has 0 saturated heterocycles. The van der Waals surface area contributed by atoms with Gasteiger partial charge in [-0.15, -0.1) is 5.10 Å². The zero-order valence-electron chi connectivity index (χ0n) is 13.3. The van der Waals surface area contributed by atoms with Crippen molar-refractivity contribution in [2.75, 3.05) is 11.9 Å². The largest absolute Gasteiger partial charge is 0.337 e. The minimum atomic E-state index is -0.354. The summed E-state index contributed by atoms with van der Waals surface area (Å²) in [4.78, 5) is 17.6. The van der Waals surface area contributed by atoms with Gasteiger partial charge in [-0.3, -0.25) is 10.3 Å². The second-order valence-corrected chi connectivity index (χ2v) is 5.43. The normalized spacial score (nSPS) is 10.8. The lowest BCUT2D eigenvalue weighted by Gasteiger charge is -2.07. The Labute approximate surface area is 129 Å². The van der Waals surface area contributed by atoms with Crippen LogP contribution in [0.25, 0.3) is 0 Å². The summed E-state index contributed by atoms with van der Waals surface area (Å²) in [5.41, 5.74) is 3.24. The maximum absolute atomic E-state index is 11.8. The molecular formula is C14H21N7O. The number of urea groups is 1. The van der Waals surface area contributed by atoms with Crippen LogP contribution in [0, 0.1) is 13.8 Å². The van der Waals surface area contributed by atoms with Gasteiger partial charge < -0.3 is 5.32 Å². The van der Waals surface area contributed by atoms with E-state index >= 15 is 0 Å². The highest BCUT2D eigenvalue weighted by molar-refractivity contribution is 5.87. The summed E-state index contributed by atoms with van der Waals surface area (Å²) in [6, 6.07) is 1.83. The van der Waals surface area contributed by atoms with Gasteiger partial charge in [0, 0.05) is 24.9 Å². The van der Waals surface area contributed by atoms with Crippen LogP contribution >= 0.6 is 0 Å². The first-order valence-corrected chi connectivity index (χ1v) is 7.22. The average Bonchev–Trinajstić information content (AvgIpc) is 2.90. The molecule has 2 heterocycles. The van der Waals surface area contributed by atoms with Crippen molar-refractivity contribution in [3.63, 3.8) is 0 Å². The Morgan fingerprint density at radius 2 is 2.14 bits per heavy atom. The van der Waals surface area contributed by atoms with E-state index in [0.717, 1.165) is 16.8 Å². The fraction of sp³-hybridized carbons (Fsp3) is 0.500. The molecule has 0 aliphatic heterocycles. The number of pyridine rings is 1. The second-order valence-electron chi connectivity index (χ2n) is 5.43. The molecule has 2 aromatic heterocycles. The van der Waals surface area contributed by atoms with Crippen molar-refractivity contribution in [2.45, 2.75) is 40.2 Å². The maximum Gasteiger partial charge on any atom is 0.321 e. The molecule has 2 rings (SSSR count). The van der Waals surface area contributed by atoms with E-state index in [2.05, 4.69) is 37.1 Å².